The minimum atomic E-state index is -3.78. The smallest absolute Gasteiger partial charge is 0.244 e. The highest BCUT2D eigenvalue weighted by Crippen LogP contribution is 2.29. The van der Waals surface area contributed by atoms with Crippen molar-refractivity contribution in [2.24, 2.45) is 0 Å². The lowest BCUT2D eigenvalue weighted by Crippen LogP contribution is -2.27. The van der Waals surface area contributed by atoms with Crippen LogP contribution in [-0.2, 0) is 16.6 Å². The van der Waals surface area contributed by atoms with Crippen molar-refractivity contribution in [1.29, 1.82) is 5.26 Å². The fraction of sp³-hybridized carbons (Fsp3) is 0.278. The maximum absolute atomic E-state index is 12.8. The zero-order valence-corrected chi connectivity index (χ0v) is 15.2. The van der Waals surface area contributed by atoms with Gasteiger partial charge in [0, 0.05) is 13.6 Å². The van der Waals surface area contributed by atoms with Crippen LogP contribution in [0.4, 0.5) is 0 Å². The van der Waals surface area contributed by atoms with Crippen molar-refractivity contribution in [2.75, 3.05) is 20.8 Å². The summed E-state index contributed by atoms with van der Waals surface area (Å²) in [5.41, 5.74) is 0.874. The van der Waals surface area contributed by atoms with E-state index in [1.807, 2.05) is 13.0 Å². The van der Waals surface area contributed by atoms with Gasteiger partial charge in [0.15, 0.2) is 11.5 Å². The van der Waals surface area contributed by atoms with Gasteiger partial charge in [-0.1, -0.05) is 18.2 Å². The molecule has 6 nitrogen and oxygen atoms in total. The number of hydrogen-bond acceptors (Lipinski definition) is 5. The van der Waals surface area contributed by atoms with Gasteiger partial charge in [0.25, 0.3) is 0 Å². The van der Waals surface area contributed by atoms with E-state index in [0.717, 1.165) is 5.56 Å². The van der Waals surface area contributed by atoms with Gasteiger partial charge in [0.2, 0.25) is 10.0 Å². The van der Waals surface area contributed by atoms with E-state index < -0.39 is 10.0 Å². The summed E-state index contributed by atoms with van der Waals surface area (Å²) in [5.74, 6) is 1.15. The molecule has 0 aliphatic rings. The minimum absolute atomic E-state index is 0.00194. The van der Waals surface area contributed by atoms with Crippen molar-refractivity contribution in [3.8, 4) is 17.6 Å². The lowest BCUT2D eigenvalue weighted by Gasteiger charge is -2.19. The van der Waals surface area contributed by atoms with Crippen LogP contribution in [0.5, 0.6) is 11.5 Å². The second-order valence-electron chi connectivity index (χ2n) is 5.29. The Kier molecular flexibility index (Phi) is 6.02. The molecule has 2 aromatic carbocycles. The number of sulfonamides is 1. The Morgan fingerprint density at radius 2 is 1.88 bits per heavy atom. The number of ether oxygens (including phenoxy) is 2. The molecule has 0 fully saturated rings. The lowest BCUT2D eigenvalue weighted by molar-refractivity contribution is 0.310. The quantitative estimate of drug-likeness (QED) is 0.758. The summed E-state index contributed by atoms with van der Waals surface area (Å²) in [5, 5.41) is 9.14. The summed E-state index contributed by atoms with van der Waals surface area (Å²) in [6, 6.07) is 13.4. The molecule has 0 unspecified atom stereocenters. The maximum atomic E-state index is 12.8. The predicted molar refractivity (Wildman–Crippen MR) is 94.0 cm³/mol. The fourth-order valence-corrected chi connectivity index (χ4v) is 3.68. The van der Waals surface area contributed by atoms with Crippen LogP contribution in [-0.4, -0.2) is 33.5 Å². The molecule has 0 saturated carbocycles. The van der Waals surface area contributed by atoms with Gasteiger partial charge in [-0.05, 0) is 36.8 Å². The molecule has 2 rings (SSSR count). The Hall–Kier alpha value is -2.56. The van der Waals surface area contributed by atoms with Gasteiger partial charge < -0.3 is 9.47 Å². The van der Waals surface area contributed by atoms with Gasteiger partial charge in [0.05, 0.1) is 24.2 Å². The van der Waals surface area contributed by atoms with Crippen LogP contribution >= 0.6 is 0 Å². The van der Waals surface area contributed by atoms with Crippen LogP contribution < -0.4 is 9.47 Å². The van der Waals surface area contributed by atoms with Crippen molar-refractivity contribution in [3.05, 3.63) is 53.6 Å². The Morgan fingerprint density at radius 3 is 2.52 bits per heavy atom. The summed E-state index contributed by atoms with van der Waals surface area (Å²) >= 11 is 0. The van der Waals surface area contributed by atoms with Crippen molar-refractivity contribution in [1.82, 2.24) is 4.31 Å². The third-order valence-electron chi connectivity index (χ3n) is 3.63. The third kappa shape index (κ3) is 4.10. The standard InChI is InChI=1S/C18H20N2O4S/c1-4-24-16-10-9-14(11-17(16)23-3)13-20(2)25(21,22)18-8-6-5-7-15(18)12-19/h5-11H,4,13H2,1-3H3. The number of hydrogen-bond donors (Lipinski definition) is 0. The monoisotopic (exact) mass is 360 g/mol. The molecule has 0 heterocycles. The molecule has 25 heavy (non-hydrogen) atoms. The highest BCUT2D eigenvalue weighted by atomic mass is 32.2. The van der Waals surface area contributed by atoms with Crippen molar-refractivity contribution < 1.29 is 17.9 Å². The second kappa shape index (κ2) is 8.01. The highest BCUT2D eigenvalue weighted by molar-refractivity contribution is 7.89. The van der Waals surface area contributed by atoms with Crippen LogP contribution in [0.2, 0.25) is 0 Å². The third-order valence-corrected chi connectivity index (χ3v) is 5.49. The normalized spacial score (nSPS) is 11.2. The Balaban J connectivity index is 2.30. The average Bonchev–Trinajstić information content (AvgIpc) is 2.62. The molecule has 0 radical (unpaired) electrons. The number of nitriles is 1. The zero-order valence-electron chi connectivity index (χ0n) is 14.4. The van der Waals surface area contributed by atoms with Gasteiger partial charge in [-0.3, -0.25) is 0 Å². The topological polar surface area (TPSA) is 79.6 Å². The number of benzene rings is 2. The van der Waals surface area contributed by atoms with Gasteiger partial charge in [0.1, 0.15) is 6.07 Å². The van der Waals surface area contributed by atoms with Gasteiger partial charge in [-0.15, -0.1) is 0 Å². The number of nitrogens with zero attached hydrogens (tertiary/aromatic N) is 2. The summed E-state index contributed by atoms with van der Waals surface area (Å²) < 4.78 is 37.5. The molecular formula is C18H20N2O4S. The average molecular weight is 360 g/mol. The number of rotatable bonds is 7. The lowest BCUT2D eigenvalue weighted by atomic mass is 10.2. The highest BCUT2D eigenvalue weighted by Gasteiger charge is 2.24. The second-order valence-corrected chi connectivity index (χ2v) is 7.30. The molecule has 7 heteroatoms. The molecule has 0 aliphatic heterocycles. The Labute approximate surface area is 148 Å². The Morgan fingerprint density at radius 1 is 1.16 bits per heavy atom. The van der Waals surface area contributed by atoms with Gasteiger partial charge in [-0.2, -0.15) is 9.57 Å². The van der Waals surface area contributed by atoms with E-state index >= 15 is 0 Å². The molecular weight excluding hydrogens is 340 g/mol. The molecule has 0 aliphatic carbocycles. The largest absolute Gasteiger partial charge is 0.493 e. The fourth-order valence-electron chi connectivity index (χ4n) is 2.38. The van der Waals surface area contributed by atoms with Crippen LogP contribution in [0.1, 0.15) is 18.1 Å². The predicted octanol–water partition coefficient (Wildman–Crippen LogP) is 2.79. The van der Waals surface area contributed by atoms with Crippen LogP contribution in [0, 0.1) is 11.3 Å². The molecule has 0 saturated heterocycles. The van der Waals surface area contributed by atoms with E-state index in [1.54, 1.807) is 30.3 Å². The van der Waals surface area contributed by atoms with Crippen molar-refractivity contribution in [3.63, 3.8) is 0 Å². The van der Waals surface area contributed by atoms with Gasteiger partial charge >= 0.3 is 0 Å². The molecule has 2 aromatic rings. The molecule has 0 spiro atoms. The summed E-state index contributed by atoms with van der Waals surface area (Å²) in [4.78, 5) is -0.00194. The van der Waals surface area contributed by atoms with Crippen LogP contribution in [0.3, 0.4) is 0 Å². The molecule has 0 aromatic heterocycles. The molecule has 0 N–H and O–H groups in total. The summed E-state index contributed by atoms with van der Waals surface area (Å²) in [7, 11) is -0.770. The Bertz CT molecular complexity index is 888. The first-order valence-corrected chi connectivity index (χ1v) is 9.13. The van der Waals surface area contributed by atoms with E-state index in [2.05, 4.69) is 0 Å². The minimum Gasteiger partial charge on any atom is -0.493 e. The molecule has 0 bridgehead atoms. The van der Waals surface area contributed by atoms with Crippen LogP contribution in [0.15, 0.2) is 47.4 Å². The van der Waals surface area contributed by atoms with Crippen molar-refractivity contribution >= 4 is 10.0 Å². The van der Waals surface area contributed by atoms with E-state index in [0.29, 0.717) is 18.1 Å². The summed E-state index contributed by atoms with van der Waals surface area (Å²) in [6.07, 6.45) is 0. The van der Waals surface area contributed by atoms with Gasteiger partial charge in [-0.25, -0.2) is 8.42 Å². The first kappa shape index (κ1) is 18.8. The van der Waals surface area contributed by atoms with E-state index in [1.165, 1.54) is 30.6 Å². The van der Waals surface area contributed by atoms with E-state index in [4.69, 9.17) is 14.7 Å². The van der Waals surface area contributed by atoms with E-state index in [9.17, 15) is 8.42 Å². The zero-order chi connectivity index (χ0) is 18.4. The molecule has 132 valence electrons. The van der Waals surface area contributed by atoms with Crippen LogP contribution in [0.25, 0.3) is 0 Å². The molecule has 0 amide bonds. The van der Waals surface area contributed by atoms with E-state index in [-0.39, 0.29) is 17.0 Å². The maximum Gasteiger partial charge on any atom is 0.244 e. The van der Waals surface area contributed by atoms with Crippen molar-refractivity contribution in [2.45, 2.75) is 18.4 Å². The summed E-state index contributed by atoms with van der Waals surface area (Å²) in [6.45, 7) is 2.53. The molecule has 0 atom stereocenters. The first-order valence-electron chi connectivity index (χ1n) is 7.69. The first-order chi connectivity index (χ1) is 11.9. The number of methoxy groups -OCH3 is 1. The SMILES string of the molecule is CCOc1ccc(CN(C)S(=O)(=O)c2ccccc2C#N)cc1OC.